The zero-order valence-corrected chi connectivity index (χ0v) is 9.07. The van der Waals surface area contributed by atoms with Gasteiger partial charge in [0.15, 0.2) is 0 Å². The maximum absolute atomic E-state index is 5.70. The molecule has 0 aliphatic heterocycles. The lowest BCUT2D eigenvalue weighted by Crippen LogP contribution is -2.13. The van der Waals surface area contributed by atoms with Crippen molar-refractivity contribution >= 4 is 23.2 Å². The van der Waals surface area contributed by atoms with Crippen molar-refractivity contribution in [3.63, 3.8) is 0 Å². The van der Waals surface area contributed by atoms with E-state index >= 15 is 0 Å². The van der Waals surface area contributed by atoms with Crippen molar-refractivity contribution in [3.8, 4) is 0 Å². The van der Waals surface area contributed by atoms with Crippen LogP contribution in [0.5, 0.6) is 0 Å². The van der Waals surface area contributed by atoms with E-state index in [9.17, 15) is 0 Å². The third-order valence-electron chi connectivity index (χ3n) is 1.32. The maximum atomic E-state index is 5.70. The van der Waals surface area contributed by atoms with Gasteiger partial charge in [-0.05, 0) is 12.8 Å². The van der Waals surface area contributed by atoms with Crippen molar-refractivity contribution in [3.05, 3.63) is 0 Å². The van der Waals surface area contributed by atoms with Crippen LogP contribution in [0.15, 0.2) is 0 Å². The first kappa shape index (κ1) is 12.5. The molecule has 0 saturated carbocycles. The SMILES string of the molecule is CCC(Cl)OCCOC(Cl)CC. The summed E-state index contributed by atoms with van der Waals surface area (Å²) in [5.41, 5.74) is -0.409. The molecule has 0 aromatic heterocycles. The fraction of sp³-hybridized carbons (Fsp3) is 1.00. The summed E-state index contributed by atoms with van der Waals surface area (Å²) in [6.07, 6.45) is 1.61. The van der Waals surface area contributed by atoms with Crippen LogP contribution in [-0.2, 0) is 9.47 Å². The van der Waals surface area contributed by atoms with Crippen LogP contribution < -0.4 is 0 Å². The van der Waals surface area contributed by atoms with E-state index in [1.807, 2.05) is 13.8 Å². The minimum absolute atomic E-state index is 0.205. The Bertz CT molecular complexity index is 89.1. The Morgan fingerprint density at radius 3 is 1.50 bits per heavy atom. The molecule has 4 heteroatoms. The van der Waals surface area contributed by atoms with Crippen LogP contribution in [0.4, 0.5) is 0 Å². The number of hydrogen-bond donors (Lipinski definition) is 0. The number of rotatable bonds is 7. The van der Waals surface area contributed by atoms with Gasteiger partial charge in [-0.25, -0.2) is 0 Å². The van der Waals surface area contributed by atoms with E-state index in [0.717, 1.165) is 12.8 Å². The Morgan fingerprint density at radius 2 is 1.25 bits per heavy atom. The molecule has 12 heavy (non-hydrogen) atoms. The summed E-state index contributed by atoms with van der Waals surface area (Å²) in [7, 11) is 0. The van der Waals surface area contributed by atoms with Gasteiger partial charge in [0, 0.05) is 0 Å². The summed E-state index contributed by atoms with van der Waals surface area (Å²) in [5, 5.41) is 0. The highest BCUT2D eigenvalue weighted by Crippen LogP contribution is 2.05. The first-order valence-corrected chi connectivity index (χ1v) is 5.09. The van der Waals surface area contributed by atoms with Crippen molar-refractivity contribution in [2.45, 2.75) is 37.8 Å². The lowest BCUT2D eigenvalue weighted by atomic mass is 10.5. The van der Waals surface area contributed by atoms with Crippen molar-refractivity contribution in [2.24, 2.45) is 0 Å². The molecule has 2 unspecified atom stereocenters. The zero-order valence-electron chi connectivity index (χ0n) is 7.56. The Kier molecular flexibility index (Phi) is 8.45. The smallest absolute Gasteiger partial charge is 0.131 e. The van der Waals surface area contributed by atoms with E-state index in [4.69, 9.17) is 32.7 Å². The van der Waals surface area contributed by atoms with Gasteiger partial charge in [-0.15, -0.1) is 0 Å². The molecule has 0 bridgehead atoms. The van der Waals surface area contributed by atoms with E-state index in [-0.39, 0.29) is 11.1 Å². The molecular weight excluding hydrogens is 199 g/mol. The van der Waals surface area contributed by atoms with Crippen LogP contribution in [0.1, 0.15) is 26.7 Å². The summed E-state index contributed by atoms with van der Waals surface area (Å²) in [4.78, 5) is 0. The van der Waals surface area contributed by atoms with Gasteiger partial charge in [-0.3, -0.25) is 0 Å². The summed E-state index contributed by atoms with van der Waals surface area (Å²) < 4.78 is 10.3. The average Bonchev–Trinajstić information content (AvgIpc) is 2.11. The molecule has 0 aliphatic carbocycles. The monoisotopic (exact) mass is 214 g/mol. The van der Waals surface area contributed by atoms with Gasteiger partial charge in [0.25, 0.3) is 0 Å². The first-order chi connectivity index (χ1) is 5.70. The zero-order chi connectivity index (χ0) is 9.40. The number of hydrogen-bond acceptors (Lipinski definition) is 2. The van der Waals surface area contributed by atoms with Crippen molar-refractivity contribution in [1.82, 2.24) is 0 Å². The minimum Gasteiger partial charge on any atom is -0.360 e. The van der Waals surface area contributed by atoms with Crippen LogP contribution in [0.3, 0.4) is 0 Å². The van der Waals surface area contributed by atoms with E-state index in [1.54, 1.807) is 0 Å². The van der Waals surface area contributed by atoms with Crippen LogP contribution in [0, 0.1) is 0 Å². The Labute approximate surface area is 84.1 Å². The van der Waals surface area contributed by atoms with E-state index in [2.05, 4.69) is 0 Å². The summed E-state index contributed by atoms with van der Waals surface area (Å²) >= 11 is 11.4. The second kappa shape index (κ2) is 8.11. The van der Waals surface area contributed by atoms with Crippen molar-refractivity contribution in [1.29, 1.82) is 0 Å². The standard InChI is InChI=1S/C8H16Cl2O2/c1-3-7(9)11-5-6-12-8(10)4-2/h7-8H,3-6H2,1-2H3. The molecule has 0 aliphatic rings. The Morgan fingerprint density at radius 1 is 0.917 bits per heavy atom. The van der Waals surface area contributed by atoms with Crippen LogP contribution in [0.2, 0.25) is 0 Å². The maximum Gasteiger partial charge on any atom is 0.131 e. The molecule has 0 fully saturated rings. The normalized spacial score (nSPS) is 16.0. The molecular formula is C8H16Cl2O2. The highest BCUT2D eigenvalue weighted by molar-refractivity contribution is 6.19. The molecule has 0 rings (SSSR count). The van der Waals surface area contributed by atoms with E-state index < -0.39 is 0 Å². The molecule has 0 aromatic rings. The molecule has 0 amide bonds. The van der Waals surface area contributed by atoms with Gasteiger partial charge < -0.3 is 9.47 Å². The lowest BCUT2D eigenvalue weighted by Gasteiger charge is -2.10. The van der Waals surface area contributed by atoms with Gasteiger partial charge >= 0.3 is 0 Å². The number of ether oxygens (including phenoxy) is 2. The van der Waals surface area contributed by atoms with Gasteiger partial charge in [-0.1, -0.05) is 37.0 Å². The molecule has 0 aromatic carbocycles. The summed E-state index contributed by atoms with van der Waals surface area (Å²) in [5.74, 6) is 0. The molecule has 2 atom stereocenters. The summed E-state index contributed by atoms with van der Waals surface area (Å²) in [6, 6.07) is 0. The molecule has 0 heterocycles. The van der Waals surface area contributed by atoms with Crippen molar-refractivity contribution in [2.75, 3.05) is 13.2 Å². The Balaban J connectivity index is 3.10. The first-order valence-electron chi connectivity index (χ1n) is 4.22. The fourth-order valence-electron chi connectivity index (χ4n) is 0.588. The van der Waals surface area contributed by atoms with Gasteiger partial charge in [-0.2, -0.15) is 0 Å². The summed E-state index contributed by atoms with van der Waals surface area (Å²) in [6.45, 7) is 4.94. The van der Waals surface area contributed by atoms with Crippen LogP contribution in [-0.4, -0.2) is 24.3 Å². The van der Waals surface area contributed by atoms with Crippen molar-refractivity contribution < 1.29 is 9.47 Å². The third kappa shape index (κ3) is 7.17. The number of alkyl halides is 2. The average molecular weight is 215 g/mol. The quantitative estimate of drug-likeness (QED) is 0.480. The Hall–Kier alpha value is 0.500. The van der Waals surface area contributed by atoms with Gasteiger partial charge in [0.2, 0.25) is 0 Å². The number of halogens is 2. The molecule has 0 radical (unpaired) electrons. The highest BCUT2D eigenvalue weighted by Gasteiger charge is 2.02. The lowest BCUT2D eigenvalue weighted by molar-refractivity contribution is 0.0221. The third-order valence-corrected chi connectivity index (χ3v) is 2.19. The van der Waals surface area contributed by atoms with Gasteiger partial charge in [0.1, 0.15) is 11.1 Å². The fourth-order valence-corrected chi connectivity index (χ4v) is 0.766. The van der Waals surface area contributed by atoms with Crippen LogP contribution >= 0.6 is 23.2 Å². The topological polar surface area (TPSA) is 18.5 Å². The minimum atomic E-state index is -0.205. The largest absolute Gasteiger partial charge is 0.360 e. The molecule has 0 N–H and O–H groups in total. The predicted molar refractivity (Wildman–Crippen MR) is 51.8 cm³/mol. The molecule has 0 saturated heterocycles. The predicted octanol–water partition coefficient (Wildman–Crippen LogP) is 2.97. The molecule has 74 valence electrons. The van der Waals surface area contributed by atoms with Gasteiger partial charge in [0.05, 0.1) is 13.2 Å². The van der Waals surface area contributed by atoms with E-state index in [0.29, 0.717) is 13.2 Å². The van der Waals surface area contributed by atoms with Crippen LogP contribution in [0.25, 0.3) is 0 Å². The molecule has 0 spiro atoms. The highest BCUT2D eigenvalue weighted by atomic mass is 35.5. The van der Waals surface area contributed by atoms with E-state index in [1.165, 1.54) is 0 Å². The second-order valence-electron chi connectivity index (χ2n) is 2.38. The second-order valence-corrected chi connectivity index (χ2v) is 3.35. The molecule has 2 nitrogen and oxygen atoms in total.